The van der Waals surface area contributed by atoms with Gasteiger partial charge in [0.1, 0.15) is 12.1 Å². The van der Waals surface area contributed by atoms with E-state index in [1.165, 1.54) is 19.3 Å². The summed E-state index contributed by atoms with van der Waals surface area (Å²) in [5.74, 6) is 1.03. The van der Waals surface area contributed by atoms with Crippen molar-refractivity contribution < 1.29 is 0 Å². The maximum atomic E-state index is 4.38. The van der Waals surface area contributed by atoms with Gasteiger partial charge in [0.25, 0.3) is 0 Å². The highest BCUT2D eigenvalue weighted by Crippen LogP contribution is 2.28. The van der Waals surface area contributed by atoms with E-state index >= 15 is 0 Å². The fourth-order valence-electron chi connectivity index (χ4n) is 2.29. The zero-order chi connectivity index (χ0) is 12.1. The van der Waals surface area contributed by atoms with E-state index in [4.69, 9.17) is 0 Å². The summed E-state index contributed by atoms with van der Waals surface area (Å²) in [7, 11) is 0. The monoisotopic (exact) mass is 298 g/mol. The van der Waals surface area contributed by atoms with Gasteiger partial charge >= 0.3 is 0 Å². The predicted octanol–water partition coefficient (Wildman–Crippen LogP) is 2.21. The first-order chi connectivity index (χ1) is 8.33. The summed E-state index contributed by atoms with van der Waals surface area (Å²) in [6, 6.07) is 0.563. The molecule has 4 nitrogen and oxygen atoms in total. The molecule has 1 atom stereocenters. The Kier molecular flexibility index (Phi) is 4.74. The molecule has 1 fully saturated rings. The molecule has 1 unspecified atom stereocenters. The van der Waals surface area contributed by atoms with Gasteiger partial charge < -0.3 is 10.2 Å². The minimum atomic E-state index is 0.563. The molecule has 17 heavy (non-hydrogen) atoms. The Bertz CT molecular complexity index is 358. The van der Waals surface area contributed by atoms with Crippen LogP contribution in [0.3, 0.4) is 0 Å². The highest BCUT2D eigenvalue weighted by molar-refractivity contribution is 9.10. The molecule has 0 aliphatic carbocycles. The molecule has 2 heterocycles. The van der Waals surface area contributed by atoms with Crippen LogP contribution in [0.4, 0.5) is 5.82 Å². The van der Waals surface area contributed by atoms with Gasteiger partial charge in [0.05, 0.1) is 4.47 Å². The molecule has 0 bridgehead atoms. The molecule has 2 rings (SSSR count). The van der Waals surface area contributed by atoms with Crippen LogP contribution in [0.1, 0.15) is 26.2 Å². The van der Waals surface area contributed by atoms with E-state index in [0.717, 1.165) is 29.9 Å². The van der Waals surface area contributed by atoms with Crippen LogP contribution in [0.15, 0.2) is 17.0 Å². The van der Waals surface area contributed by atoms with Crippen molar-refractivity contribution in [3.63, 3.8) is 0 Å². The van der Waals surface area contributed by atoms with Crippen molar-refractivity contribution in [2.45, 2.75) is 32.2 Å². The standard InChI is InChI=1S/C12H19BrN4/c1-2-5-14-7-10-4-3-6-17(10)12-11(13)8-15-9-16-12/h8-10,14H,2-7H2,1H3. The summed E-state index contributed by atoms with van der Waals surface area (Å²) in [5.41, 5.74) is 0. The van der Waals surface area contributed by atoms with Gasteiger partial charge in [-0.05, 0) is 41.7 Å². The fourth-order valence-corrected chi connectivity index (χ4v) is 2.74. The average molecular weight is 299 g/mol. The summed E-state index contributed by atoms with van der Waals surface area (Å²) >= 11 is 3.53. The molecule has 1 aliphatic rings. The Labute approximate surface area is 111 Å². The Balaban J connectivity index is 2.02. The number of hydrogen-bond acceptors (Lipinski definition) is 4. The Morgan fingerprint density at radius 2 is 2.47 bits per heavy atom. The van der Waals surface area contributed by atoms with Crippen LogP contribution < -0.4 is 10.2 Å². The summed E-state index contributed by atoms with van der Waals surface area (Å²) in [6.45, 7) is 5.42. The molecule has 1 aromatic heterocycles. The number of nitrogens with zero attached hydrogens (tertiary/aromatic N) is 3. The van der Waals surface area contributed by atoms with E-state index in [0.29, 0.717) is 6.04 Å². The lowest BCUT2D eigenvalue weighted by molar-refractivity contribution is 0.568. The Morgan fingerprint density at radius 1 is 1.59 bits per heavy atom. The molecule has 1 N–H and O–H groups in total. The number of rotatable bonds is 5. The molecule has 0 radical (unpaired) electrons. The molecule has 94 valence electrons. The minimum Gasteiger partial charge on any atom is -0.351 e. The van der Waals surface area contributed by atoms with Crippen molar-refractivity contribution in [3.05, 3.63) is 17.0 Å². The van der Waals surface area contributed by atoms with Gasteiger partial charge in [0.2, 0.25) is 0 Å². The van der Waals surface area contributed by atoms with E-state index in [1.807, 2.05) is 6.20 Å². The zero-order valence-electron chi connectivity index (χ0n) is 10.2. The maximum absolute atomic E-state index is 4.38. The third-order valence-electron chi connectivity index (χ3n) is 3.10. The molecule has 1 aliphatic heterocycles. The van der Waals surface area contributed by atoms with Crippen LogP contribution in [0.25, 0.3) is 0 Å². The van der Waals surface area contributed by atoms with Crippen molar-refractivity contribution in [1.82, 2.24) is 15.3 Å². The quantitative estimate of drug-likeness (QED) is 0.846. The summed E-state index contributed by atoms with van der Waals surface area (Å²) < 4.78 is 0.988. The van der Waals surface area contributed by atoms with Crippen LogP contribution in [-0.4, -0.2) is 35.6 Å². The van der Waals surface area contributed by atoms with Crippen LogP contribution in [0.2, 0.25) is 0 Å². The first-order valence-electron chi connectivity index (χ1n) is 6.25. The Hall–Kier alpha value is -0.680. The molecule has 0 saturated carbocycles. The lowest BCUT2D eigenvalue weighted by atomic mass is 10.2. The van der Waals surface area contributed by atoms with E-state index in [9.17, 15) is 0 Å². The summed E-state index contributed by atoms with van der Waals surface area (Å²) in [6.07, 6.45) is 7.11. The van der Waals surface area contributed by atoms with E-state index < -0.39 is 0 Å². The van der Waals surface area contributed by atoms with Crippen LogP contribution >= 0.6 is 15.9 Å². The van der Waals surface area contributed by atoms with Gasteiger partial charge in [-0.3, -0.25) is 0 Å². The number of nitrogens with one attached hydrogen (secondary N) is 1. The Morgan fingerprint density at radius 3 is 3.24 bits per heavy atom. The second-order valence-corrected chi connectivity index (χ2v) is 5.24. The van der Waals surface area contributed by atoms with Crippen molar-refractivity contribution in [2.75, 3.05) is 24.5 Å². The molecular weight excluding hydrogens is 280 g/mol. The number of anilines is 1. The number of halogens is 1. The van der Waals surface area contributed by atoms with Crippen molar-refractivity contribution >= 4 is 21.7 Å². The van der Waals surface area contributed by atoms with E-state index in [2.05, 4.69) is 43.0 Å². The first-order valence-corrected chi connectivity index (χ1v) is 7.05. The number of hydrogen-bond donors (Lipinski definition) is 1. The zero-order valence-corrected chi connectivity index (χ0v) is 11.8. The van der Waals surface area contributed by atoms with Gasteiger partial charge in [0, 0.05) is 25.3 Å². The molecular formula is C12H19BrN4. The lowest BCUT2D eigenvalue weighted by Crippen LogP contribution is -2.38. The minimum absolute atomic E-state index is 0.563. The third kappa shape index (κ3) is 3.16. The fraction of sp³-hybridized carbons (Fsp3) is 0.667. The first kappa shape index (κ1) is 12.8. The maximum Gasteiger partial charge on any atom is 0.146 e. The van der Waals surface area contributed by atoms with Crippen LogP contribution in [0, 0.1) is 0 Å². The topological polar surface area (TPSA) is 41.0 Å². The van der Waals surface area contributed by atoms with Crippen molar-refractivity contribution in [2.24, 2.45) is 0 Å². The van der Waals surface area contributed by atoms with E-state index in [-0.39, 0.29) is 0 Å². The molecule has 0 aromatic carbocycles. The highest BCUT2D eigenvalue weighted by Gasteiger charge is 2.26. The van der Waals surface area contributed by atoms with Gasteiger partial charge in [-0.2, -0.15) is 0 Å². The largest absolute Gasteiger partial charge is 0.351 e. The molecule has 0 spiro atoms. The SMILES string of the molecule is CCCNCC1CCCN1c1ncncc1Br. The van der Waals surface area contributed by atoms with Gasteiger partial charge in [0.15, 0.2) is 0 Å². The van der Waals surface area contributed by atoms with Crippen molar-refractivity contribution in [3.8, 4) is 0 Å². The molecule has 1 saturated heterocycles. The normalized spacial score (nSPS) is 19.9. The molecule has 0 amide bonds. The second kappa shape index (κ2) is 6.31. The highest BCUT2D eigenvalue weighted by atomic mass is 79.9. The van der Waals surface area contributed by atoms with Crippen LogP contribution in [0.5, 0.6) is 0 Å². The molecule has 1 aromatic rings. The number of aromatic nitrogens is 2. The summed E-state index contributed by atoms with van der Waals surface area (Å²) in [4.78, 5) is 10.8. The average Bonchev–Trinajstić information content (AvgIpc) is 2.78. The second-order valence-electron chi connectivity index (χ2n) is 4.39. The predicted molar refractivity (Wildman–Crippen MR) is 73.3 cm³/mol. The smallest absolute Gasteiger partial charge is 0.146 e. The van der Waals surface area contributed by atoms with E-state index in [1.54, 1.807) is 6.33 Å². The molecule has 5 heteroatoms. The third-order valence-corrected chi connectivity index (χ3v) is 3.66. The van der Waals surface area contributed by atoms with Crippen molar-refractivity contribution in [1.29, 1.82) is 0 Å². The lowest BCUT2D eigenvalue weighted by Gasteiger charge is -2.26. The van der Waals surface area contributed by atoms with Gasteiger partial charge in [-0.15, -0.1) is 0 Å². The van der Waals surface area contributed by atoms with Gasteiger partial charge in [-0.1, -0.05) is 6.92 Å². The van der Waals surface area contributed by atoms with Gasteiger partial charge in [-0.25, -0.2) is 9.97 Å². The van der Waals surface area contributed by atoms with Crippen LogP contribution in [-0.2, 0) is 0 Å². The summed E-state index contributed by atoms with van der Waals surface area (Å²) in [5, 5.41) is 3.50.